The summed E-state index contributed by atoms with van der Waals surface area (Å²) in [4.78, 5) is 31.2. The highest BCUT2D eigenvalue weighted by Gasteiger charge is 2.41. The molecule has 2 aliphatic heterocycles. The summed E-state index contributed by atoms with van der Waals surface area (Å²) < 4.78 is 92.2. The molecule has 2 fully saturated rings. The molecule has 4 aromatic rings. The van der Waals surface area contributed by atoms with Crippen LogP contribution >= 0.6 is 23.2 Å². The van der Waals surface area contributed by atoms with E-state index in [2.05, 4.69) is 4.98 Å². The molecule has 16 heteroatoms. The van der Waals surface area contributed by atoms with Gasteiger partial charge in [0.15, 0.2) is 0 Å². The first-order valence-electron chi connectivity index (χ1n) is 15.8. The summed E-state index contributed by atoms with van der Waals surface area (Å²) in [7, 11) is 1.28. The second kappa shape index (κ2) is 15.3. The average Bonchev–Trinajstić information content (AvgIpc) is 3.58. The summed E-state index contributed by atoms with van der Waals surface area (Å²) in [6.07, 6.45) is -9.14. The summed E-state index contributed by atoms with van der Waals surface area (Å²) in [6, 6.07) is 12.8. The number of carbonyl (C=O) groups is 2. The van der Waals surface area contributed by atoms with Gasteiger partial charge in [-0.1, -0.05) is 47.5 Å². The Labute approximate surface area is 299 Å². The van der Waals surface area contributed by atoms with Gasteiger partial charge >= 0.3 is 12.4 Å². The number of rotatable bonds is 4. The van der Waals surface area contributed by atoms with Crippen LogP contribution in [0, 0.1) is 13.8 Å². The Morgan fingerprint density at radius 3 is 1.53 bits per heavy atom. The van der Waals surface area contributed by atoms with Gasteiger partial charge in [0.1, 0.15) is 22.8 Å². The SMILES string of the molecule is Cc1c(-c2ccc(Cl)cc2)c(C(=O)N2CCOCC2)n(C)c1C(F)(F)F.Cc1c(C(F)(F)F)[nH]c(C(=O)N2CCOCC2)c1-c1ccc(Cl)cc1. The van der Waals surface area contributed by atoms with Crippen molar-refractivity contribution in [2.45, 2.75) is 26.2 Å². The molecule has 1 N–H and O–H groups in total. The van der Waals surface area contributed by atoms with Crippen LogP contribution in [0.5, 0.6) is 0 Å². The molecule has 0 unspecified atom stereocenters. The number of carbonyl (C=O) groups excluding carboxylic acids is 2. The Hall–Kier alpha value is -3.98. The van der Waals surface area contributed by atoms with Crippen molar-refractivity contribution in [2.75, 3.05) is 52.6 Å². The van der Waals surface area contributed by atoms with E-state index < -0.39 is 35.6 Å². The van der Waals surface area contributed by atoms with Crippen LogP contribution in [-0.4, -0.2) is 83.8 Å². The molecule has 274 valence electrons. The van der Waals surface area contributed by atoms with Gasteiger partial charge in [0.2, 0.25) is 0 Å². The van der Waals surface area contributed by atoms with Gasteiger partial charge in [-0.25, -0.2) is 0 Å². The van der Waals surface area contributed by atoms with Crippen LogP contribution in [0.25, 0.3) is 22.3 Å². The van der Waals surface area contributed by atoms with Crippen LogP contribution in [0.4, 0.5) is 26.3 Å². The quantitative estimate of drug-likeness (QED) is 0.213. The smallest absolute Gasteiger partial charge is 0.378 e. The van der Waals surface area contributed by atoms with E-state index in [0.717, 1.165) is 4.57 Å². The molecule has 0 saturated carbocycles. The number of nitrogens with one attached hydrogen (secondary N) is 1. The minimum atomic E-state index is -4.57. The molecule has 2 aliphatic rings. The largest absolute Gasteiger partial charge is 0.431 e. The second-order valence-corrected chi connectivity index (χ2v) is 12.8. The fraction of sp³-hybridized carbons (Fsp3) is 0.371. The maximum Gasteiger partial charge on any atom is 0.431 e. The number of halogens is 8. The Morgan fingerprint density at radius 1 is 0.667 bits per heavy atom. The molecule has 2 saturated heterocycles. The molecule has 8 nitrogen and oxygen atoms in total. The van der Waals surface area contributed by atoms with Gasteiger partial charge in [0.25, 0.3) is 11.8 Å². The van der Waals surface area contributed by atoms with Gasteiger partial charge in [-0.05, 0) is 60.4 Å². The number of hydrogen-bond donors (Lipinski definition) is 1. The minimum absolute atomic E-state index is 0.00793. The number of amides is 2. The van der Waals surface area contributed by atoms with Crippen LogP contribution in [0.1, 0.15) is 43.5 Å². The standard InChI is InChI=1S/C18H18ClF3N2O2.C17H16ClF3N2O2/c1-11-14(12-3-5-13(19)6-4-12)15(23(2)16(11)18(20,21)22)17(25)24-7-9-26-10-8-24;1-10-13(11-2-4-12(18)5-3-11)14(22-15(10)17(19,20)21)16(24)23-6-8-25-9-7-23/h3-6H,7-10H2,1-2H3;2-5,22H,6-9H2,1H3. The first-order chi connectivity index (χ1) is 24.0. The maximum atomic E-state index is 13.6. The lowest BCUT2D eigenvalue weighted by Gasteiger charge is -2.27. The number of nitrogens with zero attached hydrogens (tertiary/aromatic N) is 3. The van der Waals surface area contributed by atoms with Gasteiger partial charge in [0, 0.05) is 54.4 Å². The summed E-state index contributed by atoms with van der Waals surface area (Å²) in [5, 5.41) is 0.938. The van der Waals surface area contributed by atoms with Crippen molar-refractivity contribution in [3.63, 3.8) is 0 Å². The number of morpholine rings is 2. The van der Waals surface area contributed by atoms with E-state index >= 15 is 0 Å². The monoisotopic (exact) mass is 758 g/mol. The summed E-state index contributed by atoms with van der Waals surface area (Å²) in [6.45, 7) is 5.63. The lowest BCUT2D eigenvalue weighted by molar-refractivity contribution is -0.143. The van der Waals surface area contributed by atoms with Crippen LogP contribution in [0.2, 0.25) is 10.0 Å². The zero-order valence-corrected chi connectivity index (χ0v) is 29.3. The molecule has 51 heavy (non-hydrogen) atoms. The Balaban J connectivity index is 0.000000198. The second-order valence-electron chi connectivity index (χ2n) is 11.9. The molecule has 0 aliphatic carbocycles. The molecular formula is C35H34Cl2F6N4O4. The van der Waals surface area contributed by atoms with Crippen molar-refractivity contribution in [1.29, 1.82) is 0 Å². The summed E-state index contributed by atoms with van der Waals surface area (Å²) in [5.74, 6) is -0.897. The van der Waals surface area contributed by atoms with Gasteiger partial charge < -0.3 is 28.8 Å². The Kier molecular flexibility index (Phi) is 11.5. The van der Waals surface area contributed by atoms with Gasteiger partial charge in [-0.2, -0.15) is 26.3 Å². The number of aromatic amines is 1. The van der Waals surface area contributed by atoms with Crippen molar-refractivity contribution in [2.24, 2.45) is 7.05 Å². The van der Waals surface area contributed by atoms with Crippen LogP contribution in [0.15, 0.2) is 48.5 Å². The lowest BCUT2D eigenvalue weighted by Crippen LogP contribution is -2.41. The van der Waals surface area contributed by atoms with Gasteiger partial charge in [0.05, 0.1) is 26.4 Å². The molecule has 4 heterocycles. The summed E-state index contributed by atoms with van der Waals surface area (Å²) >= 11 is 11.8. The minimum Gasteiger partial charge on any atom is -0.378 e. The molecule has 0 bridgehead atoms. The summed E-state index contributed by atoms with van der Waals surface area (Å²) in [5.41, 5.74) is -0.181. The third kappa shape index (κ3) is 8.24. The zero-order valence-electron chi connectivity index (χ0n) is 27.8. The van der Waals surface area contributed by atoms with E-state index in [1.165, 1.54) is 30.7 Å². The molecule has 0 spiro atoms. The number of ether oxygens (including phenoxy) is 2. The van der Waals surface area contributed by atoms with E-state index in [1.807, 2.05) is 0 Å². The number of alkyl halides is 6. The van der Waals surface area contributed by atoms with Crippen molar-refractivity contribution in [1.82, 2.24) is 19.4 Å². The number of aromatic nitrogens is 2. The first-order valence-corrected chi connectivity index (χ1v) is 16.6. The third-order valence-electron chi connectivity index (χ3n) is 8.72. The Bertz CT molecular complexity index is 1870. The predicted octanol–water partition coefficient (Wildman–Crippen LogP) is 8.28. The van der Waals surface area contributed by atoms with E-state index in [-0.39, 0.29) is 33.6 Å². The molecule has 2 aromatic heterocycles. The zero-order chi connectivity index (χ0) is 37.2. The molecule has 2 amide bonds. The van der Waals surface area contributed by atoms with Gasteiger partial charge in [-0.3, -0.25) is 9.59 Å². The fourth-order valence-corrected chi connectivity index (χ4v) is 6.56. The molecule has 0 atom stereocenters. The Morgan fingerprint density at radius 2 is 1.10 bits per heavy atom. The average molecular weight is 760 g/mol. The molecular weight excluding hydrogens is 725 g/mol. The maximum absolute atomic E-state index is 13.6. The topological polar surface area (TPSA) is 79.8 Å². The van der Waals surface area contributed by atoms with Gasteiger partial charge in [-0.15, -0.1) is 0 Å². The predicted molar refractivity (Wildman–Crippen MR) is 180 cm³/mol. The van der Waals surface area contributed by atoms with E-state index in [4.69, 9.17) is 32.7 Å². The van der Waals surface area contributed by atoms with E-state index in [1.54, 1.807) is 48.5 Å². The van der Waals surface area contributed by atoms with E-state index in [9.17, 15) is 35.9 Å². The van der Waals surface area contributed by atoms with Crippen LogP contribution < -0.4 is 0 Å². The molecule has 2 aromatic carbocycles. The van der Waals surface area contributed by atoms with Crippen molar-refractivity contribution in [3.05, 3.63) is 92.5 Å². The van der Waals surface area contributed by atoms with E-state index in [0.29, 0.717) is 73.8 Å². The highest BCUT2D eigenvalue weighted by Crippen LogP contribution is 2.41. The lowest BCUT2D eigenvalue weighted by atomic mass is 10.00. The molecule has 6 rings (SSSR count). The third-order valence-corrected chi connectivity index (χ3v) is 9.22. The van der Waals surface area contributed by atoms with Crippen molar-refractivity contribution < 1.29 is 45.4 Å². The van der Waals surface area contributed by atoms with Crippen molar-refractivity contribution in [3.8, 4) is 22.3 Å². The highest BCUT2D eigenvalue weighted by molar-refractivity contribution is 6.31. The normalized spacial score (nSPS) is 15.4. The number of benzene rings is 2. The molecule has 0 radical (unpaired) electrons. The fourth-order valence-electron chi connectivity index (χ4n) is 6.31. The van der Waals surface area contributed by atoms with Crippen LogP contribution in [0.3, 0.4) is 0 Å². The number of hydrogen-bond acceptors (Lipinski definition) is 4. The van der Waals surface area contributed by atoms with Crippen LogP contribution in [-0.2, 0) is 28.9 Å². The number of H-pyrrole nitrogens is 1. The highest BCUT2D eigenvalue weighted by atomic mass is 35.5. The first kappa shape index (κ1) is 38.3. The van der Waals surface area contributed by atoms with Crippen molar-refractivity contribution >= 4 is 35.0 Å².